The summed E-state index contributed by atoms with van der Waals surface area (Å²) in [4.78, 5) is 40.2. The molecule has 0 bridgehead atoms. The van der Waals surface area contributed by atoms with Crippen molar-refractivity contribution >= 4 is 17.7 Å². The van der Waals surface area contributed by atoms with Crippen molar-refractivity contribution in [2.75, 3.05) is 13.9 Å². The molecule has 0 saturated heterocycles. The van der Waals surface area contributed by atoms with Crippen molar-refractivity contribution in [2.45, 2.75) is 70.8 Å². The third-order valence-electron chi connectivity index (χ3n) is 7.77. The minimum atomic E-state index is -0.926. The smallest absolute Gasteiger partial charge is 0.337 e. The van der Waals surface area contributed by atoms with Crippen molar-refractivity contribution in [2.24, 2.45) is 11.8 Å². The zero-order valence-electron chi connectivity index (χ0n) is 21.1. The second-order valence-electron chi connectivity index (χ2n) is 10.2. The third kappa shape index (κ3) is 4.38. The Labute approximate surface area is 211 Å². The fraction of sp³-hybridized carbons (Fsp3) is 0.536. The summed E-state index contributed by atoms with van der Waals surface area (Å²) < 4.78 is 22.1. The molecule has 0 aromatic heterocycles. The van der Waals surface area contributed by atoms with Crippen LogP contribution in [0, 0.1) is 11.8 Å². The number of dihydropyridines is 1. The van der Waals surface area contributed by atoms with Gasteiger partial charge >= 0.3 is 11.9 Å². The van der Waals surface area contributed by atoms with E-state index in [9.17, 15) is 14.4 Å². The lowest BCUT2D eigenvalue weighted by molar-refractivity contribution is -0.151. The predicted octanol–water partition coefficient (Wildman–Crippen LogP) is 4.29. The first kappa shape index (κ1) is 24.4. The van der Waals surface area contributed by atoms with Crippen molar-refractivity contribution in [1.82, 2.24) is 5.32 Å². The fourth-order valence-corrected chi connectivity index (χ4v) is 5.95. The summed E-state index contributed by atoms with van der Waals surface area (Å²) in [6.07, 6.45) is 6.40. The standard InChI is InChI=1S/C28H33NO7/c1-15-12-19-25(26(30)22(15)27(31)33-3)24(17-10-11-20-21(13-17)35-14-34-20)23(16(2)29-19)28(32)36-18-8-6-4-5-7-9-18/h10-11,13,15,18,22,24,29H,4-9,12,14H2,1-3H3/t15-,22+,24+/m1/s1. The van der Waals surface area contributed by atoms with Gasteiger partial charge in [0.25, 0.3) is 0 Å². The zero-order valence-corrected chi connectivity index (χ0v) is 21.1. The minimum Gasteiger partial charge on any atom is -0.468 e. The van der Waals surface area contributed by atoms with Gasteiger partial charge in [0, 0.05) is 22.9 Å². The van der Waals surface area contributed by atoms with Crippen LogP contribution in [-0.4, -0.2) is 37.7 Å². The molecule has 3 atom stereocenters. The van der Waals surface area contributed by atoms with Crippen LogP contribution >= 0.6 is 0 Å². The van der Waals surface area contributed by atoms with Gasteiger partial charge in [0.2, 0.25) is 6.79 Å². The Kier molecular flexibility index (Phi) is 6.77. The lowest BCUT2D eigenvalue weighted by Crippen LogP contribution is -2.43. The SMILES string of the molecule is COC(=O)[C@@H]1C(=O)C2=C(C[C@H]1C)NC(C)=C(C(=O)OC1CCCCCC1)[C@@H]2c1ccc2c(c1)OCO2. The second kappa shape index (κ2) is 9.99. The van der Waals surface area contributed by atoms with Gasteiger partial charge in [-0.15, -0.1) is 0 Å². The highest BCUT2D eigenvalue weighted by Gasteiger charge is 2.47. The van der Waals surface area contributed by atoms with Gasteiger partial charge in [-0.3, -0.25) is 9.59 Å². The van der Waals surface area contributed by atoms with E-state index in [2.05, 4.69) is 5.32 Å². The number of nitrogens with one attached hydrogen (secondary N) is 1. The summed E-state index contributed by atoms with van der Waals surface area (Å²) in [6.45, 7) is 3.83. The molecule has 4 aliphatic rings. The van der Waals surface area contributed by atoms with Gasteiger partial charge in [0.1, 0.15) is 12.0 Å². The minimum absolute atomic E-state index is 0.116. The third-order valence-corrected chi connectivity index (χ3v) is 7.77. The molecule has 0 amide bonds. The highest BCUT2D eigenvalue weighted by atomic mass is 16.7. The number of ketones is 1. The van der Waals surface area contributed by atoms with E-state index in [0.29, 0.717) is 40.3 Å². The van der Waals surface area contributed by atoms with Gasteiger partial charge in [0.15, 0.2) is 17.3 Å². The van der Waals surface area contributed by atoms with Crippen LogP contribution in [0.25, 0.3) is 0 Å². The largest absolute Gasteiger partial charge is 0.468 e. The number of carbonyl (C=O) groups excluding carboxylic acids is 3. The van der Waals surface area contributed by atoms with Crippen LogP contribution in [0.5, 0.6) is 11.5 Å². The second-order valence-corrected chi connectivity index (χ2v) is 10.2. The van der Waals surface area contributed by atoms with Gasteiger partial charge in [0.05, 0.1) is 12.7 Å². The summed E-state index contributed by atoms with van der Waals surface area (Å²) in [5, 5.41) is 3.32. The van der Waals surface area contributed by atoms with Gasteiger partial charge in [-0.25, -0.2) is 4.79 Å². The summed E-state index contributed by atoms with van der Waals surface area (Å²) in [5.41, 5.74) is 2.92. The van der Waals surface area contributed by atoms with Crippen LogP contribution in [0.3, 0.4) is 0 Å². The normalized spacial score (nSPS) is 26.2. The van der Waals surface area contributed by atoms with Crippen LogP contribution in [0.4, 0.5) is 0 Å². The number of ether oxygens (including phenoxy) is 4. The fourth-order valence-electron chi connectivity index (χ4n) is 5.95. The maximum atomic E-state index is 13.9. The molecule has 8 heteroatoms. The predicted molar refractivity (Wildman–Crippen MR) is 130 cm³/mol. The number of allylic oxidation sites excluding steroid dienone is 3. The topological polar surface area (TPSA) is 100 Å². The number of carbonyl (C=O) groups is 3. The molecule has 1 fully saturated rings. The number of Topliss-reactive ketones (excluding diaryl/α,β-unsaturated/α-hetero) is 1. The summed E-state index contributed by atoms with van der Waals surface area (Å²) in [5.74, 6) is -1.99. The number of rotatable bonds is 4. The van der Waals surface area contributed by atoms with E-state index in [1.54, 1.807) is 6.07 Å². The average Bonchev–Trinajstić information content (AvgIpc) is 3.18. The van der Waals surface area contributed by atoms with Gasteiger partial charge in [-0.2, -0.15) is 0 Å². The Hall–Kier alpha value is -3.29. The molecule has 8 nitrogen and oxygen atoms in total. The molecule has 0 unspecified atom stereocenters. The van der Waals surface area contributed by atoms with Crippen molar-refractivity contribution in [1.29, 1.82) is 0 Å². The lowest BCUT2D eigenvalue weighted by Gasteiger charge is -2.38. The van der Waals surface area contributed by atoms with Crippen molar-refractivity contribution in [3.63, 3.8) is 0 Å². The van der Waals surface area contributed by atoms with Gasteiger partial charge < -0.3 is 24.3 Å². The Bertz CT molecular complexity index is 1140. The molecular weight excluding hydrogens is 462 g/mol. The van der Waals surface area contributed by atoms with Crippen LogP contribution in [0.2, 0.25) is 0 Å². The molecule has 36 heavy (non-hydrogen) atoms. The molecule has 2 aliphatic carbocycles. The number of methoxy groups -OCH3 is 1. The lowest BCUT2D eigenvalue weighted by atomic mass is 9.69. The first-order valence-electron chi connectivity index (χ1n) is 12.8. The first-order chi connectivity index (χ1) is 17.4. The Morgan fingerprint density at radius 2 is 1.78 bits per heavy atom. The van der Waals surface area contributed by atoms with E-state index in [-0.39, 0.29) is 24.6 Å². The van der Waals surface area contributed by atoms with Crippen molar-refractivity contribution in [3.05, 3.63) is 46.3 Å². The molecule has 192 valence electrons. The molecule has 0 spiro atoms. The monoisotopic (exact) mass is 495 g/mol. The molecule has 1 N–H and O–H groups in total. The van der Waals surface area contributed by atoms with E-state index in [0.717, 1.165) is 44.2 Å². The molecular formula is C28H33NO7. The van der Waals surface area contributed by atoms with Crippen LogP contribution in [0.15, 0.2) is 40.7 Å². The summed E-state index contributed by atoms with van der Waals surface area (Å²) in [6, 6.07) is 5.45. The number of fused-ring (bicyclic) bond motifs is 1. The highest BCUT2D eigenvalue weighted by Crippen LogP contribution is 2.47. The average molecular weight is 496 g/mol. The number of benzene rings is 1. The Balaban J connectivity index is 1.57. The Morgan fingerprint density at radius 1 is 1.06 bits per heavy atom. The van der Waals surface area contributed by atoms with E-state index >= 15 is 0 Å². The van der Waals surface area contributed by atoms with Crippen LogP contribution in [0.1, 0.15) is 70.3 Å². The molecule has 0 radical (unpaired) electrons. The number of hydrogen-bond donors (Lipinski definition) is 1. The summed E-state index contributed by atoms with van der Waals surface area (Å²) in [7, 11) is 1.29. The number of esters is 2. The molecule has 1 aromatic carbocycles. The highest BCUT2D eigenvalue weighted by molar-refractivity contribution is 6.12. The van der Waals surface area contributed by atoms with Crippen molar-refractivity contribution in [3.8, 4) is 11.5 Å². The van der Waals surface area contributed by atoms with E-state index < -0.39 is 23.8 Å². The molecule has 1 aromatic rings. The number of hydrogen-bond acceptors (Lipinski definition) is 8. The molecule has 5 rings (SSSR count). The van der Waals surface area contributed by atoms with Crippen LogP contribution in [-0.2, 0) is 23.9 Å². The Morgan fingerprint density at radius 3 is 2.50 bits per heavy atom. The van der Waals surface area contributed by atoms with E-state index in [1.807, 2.05) is 26.0 Å². The maximum absolute atomic E-state index is 13.9. The van der Waals surface area contributed by atoms with Gasteiger partial charge in [-0.05, 0) is 62.6 Å². The molecule has 2 aliphatic heterocycles. The molecule has 1 saturated carbocycles. The van der Waals surface area contributed by atoms with Crippen molar-refractivity contribution < 1.29 is 33.3 Å². The van der Waals surface area contributed by atoms with E-state index in [1.165, 1.54) is 7.11 Å². The molecule has 2 heterocycles. The summed E-state index contributed by atoms with van der Waals surface area (Å²) >= 11 is 0. The zero-order chi connectivity index (χ0) is 25.4. The van der Waals surface area contributed by atoms with Crippen LogP contribution < -0.4 is 14.8 Å². The van der Waals surface area contributed by atoms with Gasteiger partial charge in [-0.1, -0.05) is 25.8 Å². The van der Waals surface area contributed by atoms with E-state index in [4.69, 9.17) is 18.9 Å². The first-order valence-corrected chi connectivity index (χ1v) is 12.8. The quantitative estimate of drug-likeness (QED) is 0.375. The maximum Gasteiger partial charge on any atom is 0.337 e.